The van der Waals surface area contributed by atoms with Gasteiger partial charge >= 0.3 is 0 Å². The van der Waals surface area contributed by atoms with Gasteiger partial charge in [0, 0.05) is 11.6 Å². The monoisotopic (exact) mass is 189 g/mol. The van der Waals surface area contributed by atoms with Crippen molar-refractivity contribution >= 4 is 23.5 Å². The van der Waals surface area contributed by atoms with E-state index in [1.165, 1.54) is 0 Å². The highest BCUT2D eigenvalue weighted by molar-refractivity contribution is 7.10. The molecular weight excluding hydrogens is 182 g/mol. The van der Waals surface area contributed by atoms with E-state index >= 15 is 0 Å². The van der Waals surface area contributed by atoms with E-state index in [1.54, 1.807) is 29.9 Å². The van der Waals surface area contributed by atoms with Gasteiger partial charge in [0.05, 0.1) is 12.4 Å². The number of hydrogen-bond acceptors (Lipinski definition) is 4. The highest BCUT2D eigenvalue weighted by Gasteiger charge is 1.88. The Hall–Kier alpha value is -1.55. The van der Waals surface area contributed by atoms with Crippen LogP contribution in [-0.2, 0) is 0 Å². The molecule has 0 bridgehead atoms. The zero-order valence-electron chi connectivity index (χ0n) is 6.79. The Bertz CT molecular complexity index is 381. The lowest BCUT2D eigenvalue weighted by molar-refractivity contribution is 1.03. The lowest BCUT2D eigenvalue weighted by Crippen LogP contribution is -1.78. The molecule has 0 saturated heterocycles. The summed E-state index contributed by atoms with van der Waals surface area (Å²) in [6.07, 6.45) is 9.09. The van der Waals surface area contributed by atoms with E-state index in [-0.39, 0.29) is 0 Å². The summed E-state index contributed by atoms with van der Waals surface area (Å²) in [4.78, 5) is 4.13. The van der Waals surface area contributed by atoms with Gasteiger partial charge in [0.25, 0.3) is 0 Å². The summed E-state index contributed by atoms with van der Waals surface area (Å²) in [5, 5.41) is 10.4. The van der Waals surface area contributed by atoms with Crippen molar-refractivity contribution in [1.82, 2.24) is 15.2 Å². The molecule has 13 heavy (non-hydrogen) atoms. The lowest BCUT2D eigenvalue weighted by atomic mass is 10.3. The van der Waals surface area contributed by atoms with Crippen LogP contribution in [0.2, 0.25) is 0 Å². The van der Waals surface area contributed by atoms with Crippen molar-refractivity contribution in [3.05, 3.63) is 40.6 Å². The van der Waals surface area contributed by atoms with Crippen molar-refractivity contribution in [2.45, 2.75) is 0 Å². The largest absolute Gasteiger partial charge is 0.245 e. The van der Waals surface area contributed by atoms with E-state index in [0.717, 1.165) is 10.6 Å². The molecule has 0 aliphatic rings. The van der Waals surface area contributed by atoms with Gasteiger partial charge in [-0.05, 0) is 17.7 Å². The van der Waals surface area contributed by atoms with Gasteiger partial charge in [-0.25, -0.2) is 4.98 Å². The van der Waals surface area contributed by atoms with E-state index < -0.39 is 0 Å². The highest BCUT2D eigenvalue weighted by atomic mass is 32.1. The standard InChI is InChI=1S/C9H7N3S/c1(2-9-10-5-6-13-9)8-3-4-11-12-7-8/h1-7H/b2-1+. The second-order valence-electron chi connectivity index (χ2n) is 2.38. The van der Waals surface area contributed by atoms with Gasteiger partial charge in [0.1, 0.15) is 5.01 Å². The first-order valence-corrected chi connectivity index (χ1v) is 4.67. The average molecular weight is 189 g/mol. The van der Waals surface area contributed by atoms with Crippen LogP contribution < -0.4 is 0 Å². The maximum Gasteiger partial charge on any atom is 0.116 e. The summed E-state index contributed by atoms with van der Waals surface area (Å²) in [5.74, 6) is 0. The Kier molecular flexibility index (Phi) is 2.43. The van der Waals surface area contributed by atoms with Gasteiger partial charge in [-0.1, -0.05) is 6.08 Å². The molecule has 0 aliphatic heterocycles. The predicted octanol–water partition coefficient (Wildman–Crippen LogP) is 2.10. The molecule has 0 spiro atoms. The number of nitrogens with zero attached hydrogens (tertiary/aromatic N) is 3. The summed E-state index contributed by atoms with van der Waals surface area (Å²) < 4.78 is 0. The van der Waals surface area contributed by atoms with Crippen molar-refractivity contribution in [2.24, 2.45) is 0 Å². The maximum absolute atomic E-state index is 4.13. The van der Waals surface area contributed by atoms with Gasteiger partial charge in [-0.3, -0.25) is 0 Å². The van der Waals surface area contributed by atoms with E-state index in [2.05, 4.69) is 15.2 Å². The molecule has 3 nitrogen and oxygen atoms in total. The van der Waals surface area contributed by atoms with Crippen LogP contribution in [0.4, 0.5) is 0 Å². The molecule has 2 rings (SSSR count). The van der Waals surface area contributed by atoms with Crippen molar-refractivity contribution in [3.8, 4) is 0 Å². The summed E-state index contributed by atoms with van der Waals surface area (Å²) in [5.41, 5.74) is 1.03. The van der Waals surface area contributed by atoms with Crippen molar-refractivity contribution in [2.75, 3.05) is 0 Å². The quantitative estimate of drug-likeness (QED) is 0.726. The van der Waals surface area contributed by atoms with E-state index in [4.69, 9.17) is 0 Å². The van der Waals surface area contributed by atoms with Crippen LogP contribution in [0.25, 0.3) is 12.2 Å². The highest BCUT2D eigenvalue weighted by Crippen LogP contribution is 2.08. The second-order valence-corrected chi connectivity index (χ2v) is 3.31. The van der Waals surface area contributed by atoms with Crippen LogP contribution >= 0.6 is 11.3 Å². The topological polar surface area (TPSA) is 38.7 Å². The fraction of sp³-hybridized carbons (Fsp3) is 0. The molecule has 0 amide bonds. The minimum Gasteiger partial charge on any atom is -0.245 e. The first kappa shape index (κ1) is 8.07. The molecular formula is C9H7N3S. The molecule has 0 unspecified atom stereocenters. The minimum absolute atomic E-state index is 0.997. The minimum atomic E-state index is 0.997. The predicted molar refractivity (Wildman–Crippen MR) is 53.1 cm³/mol. The molecule has 2 aromatic rings. The summed E-state index contributed by atoms with van der Waals surface area (Å²) in [6, 6.07) is 1.90. The van der Waals surface area contributed by atoms with Gasteiger partial charge in [-0.2, -0.15) is 10.2 Å². The molecule has 0 saturated carbocycles. The van der Waals surface area contributed by atoms with Crippen LogP contribution in [-0.4, -0.2) is 15.2 Å². The Balaban J connectivity index is 2.15. The van der Waals surface area contributed by atoms with Gasteiger partial charge in [0.2, 0.25) is 0 Å². The molecule has 0 radical (unpaired) electrons. The zero-order valence-corrected chi connectivity index (χ0v) is 7.61. The molecule has 64 valence electrons. The van der Waals surface area contributed by atoms with Crippen LogP contribution in [0.1, 0.15) is 10.6 Å². The number of rotatable bonds is 2. The van der Waals surface area contributed by atoms with E-state index in [9.17, 15) is 0 Å². The number of thiazole rings is 1. The molecule has 2 aromatic heterocycles. The van der Waals surface area contributed by atoms with E-state index in [1.807, 2.05) is 23.6 Å². The Morgan fingerprint density at radius 1 is 1.15 bits per heavy atom. The molecule has 2 heterocycles. The third-order valence-corrected chi connectivity index (χ3v) is 2.22. The van der Waals surface area contributed by atoms with Crippen LogP contribution in [0.3, 0.4) is 0 Å². The third kappa shape index (κ3) is 2.19. The normalized spacial score (nSPS) is 10.8. The van der Waals surface area contributed by atoms with Crippen molar-refractivity contribution < 1.29 is 0 Å². The first-order valence-electron chi connectivity index (χ1n) is 3.79. The fourth-order valence-corrected chi connectivity index (χ4v) is 1.41. The summed E-state index contributed by atoms with van der Waals surface area (Å²) in [7, 11) is 0. The lowest BCUT2D eigenvalue weighted by Gasteiger charge is -1.87. The van der Waals surface area contributed by atoms with E-state index in [0.29, 0.717) is 0 Å². The second kappa shape index (κ2) is 3.91. The van der Waals surface area contributed by atoms with Gasteiger partial charge < -0.3 is 0 Å². The van der Waals surface area contributed by atoms with Crippen molar-refractivity contribution in [3.63, 3.8) is 0 Å². The van der Waals surface area contributed by atoms with Crippen LogP contribution in [0, 0.1) is 0 Å². The summed E-state index contributed by atoms with van der Waals surface area (Å²) >= 11 is 1.61. The number of hydrogen-bond donors (Lipinski definition) is 0. The van der Waals surface area contributed by atoms with Gasteiger partial charge in [-0.15, -0.1) is 11.3 Å². The fourth-order valence-electron chi connectivity index (χ4n) is 0.884. The van der Waals surface area contributed by atoms with Gasteiger partial charge in [0.15, 0.2) is 0 Å². The SMILES string of the molecule is C(=C\c1nccs1)/c1ccnnc1. The molecule has 0 aliphatic carbocycles. The first-order chi connectivity index (χ1) is 6.45. The Labute approximate surface area is 79.8 Å². The molecule has 0 fully saturated rings. The average Bonchev–Trinajstić information content (AvgIpc) is 2.69. The smallest absolute Gasteiger partial charge is 0.116 e. The molecule has 0 aromatic carbocycles. The molecule has 0 N–H and O–H groups in total. The zero-order chi connectivity index (χ0) is 8.93. The number of aromatic nitrogens is 3. The third-order valence-electron chi connectivity index (χ3n) is 1.48. The maximum atomic E-state index is 4.13. The van der Waals surface area contributed by atoms with Crippen molar-refractivity contribution in [1.29, 1.82) is 0 Å². The Morgan fingerprint density at radius 2 is 2.15 bits per heavy atom. The molecule has 0 atom stereocenters. The Morgan fingerprint density at radius 3 is 2.85 bits per heavy atom. The summed E-state index contributed by atoms with van der Waals surface area (Å²) in [6.45, 7) is 0. The molecule has 4 heteroatoms. The van der Waals surface area contributed by atoms with Crippen LogP contribution in [0.15, 0.2) is 30.0 Å². The van der Waals surface area contributed by atoms with Crippen LogP contribution in [0.5, 0.6) is 0 Å².